The summed E-state index contributed by atoms with van der Waals surface area (Å²) in [5.74, 6) is -0.945. The summed E-state index contributed by atoms with van der Waals surface area (Å²) < 4.78 is 16.2. The van der Waals surface area contributed by atoms with E-state index in [9.17, 15) is 19.2 Å². The van der Waals surface area contributed by atoms with E-state index in [2.05, 4.69) is 26.0 Å². The average molecular weight is 577 g/mol. The van der Waals surface area contributed by atoms with Crippen LogP contribution in [0.5, 0.6) is 11.5 Å². The van der Waals surface area contributed by atoms with Gasteiger partial charge in [-0.15, -0.1) is 0 Å². The quantitative estimate of drug-likeness (QED) is 0.338. The summed E-state index contributed by atoms with van der Waals surface area (Å²) in [6.45, 7) is 5.15. The molecule has 11 heteroatoms. The number of halogens is 1. The number of para-hydroxylation sites is 1. The number of carbonyl (C=O) groups is 4. The molecule has 1 aliphatic rings. The summed E-state index contributed by atoms with van der Waals surface area (Å²) in [4.78, 5) is 50.6. The first-order valence-corrected chi connectivity index (χ1v) is 12.5. The van der Waals surface area contributed by atoms with Crippen molar-refractivity contribution in [1.82, 2.24) is 4.90 Å². The van der Waals surface area contributed by atoms with Crippen LogP contribution in [0.15, 0.2) is 39.7 Å². The average Bonchev–Trinajstić information content (AvgIpc) is 3.08. The molecule has 0 bridgehead atoms. The number of benzene rings is 2. The molecule has 1 fully saturated rings. The van der Waals surface area contributed by atoms with Crippen LogP contribution in [0, 0.1) is 13.8 Å². The monoisotopic (exact) mass is 576 g/mol. The van der Waals surface area contributed by atoms with Crippen molar-refractivity contribution in [2.24, 2.45) is 0 Å². The van der Waals surface area contributed by atoms with Crippen LogP contribution in [-0.2, 0) is 19.1 Å². The first-order valence-electron chi connectivity index (χ1n) is 10.9. The number of esters is 1. The zero-order valence-corrected chi connectivity index (χ0v) is 22.6. The SMILES string of the molecule is CCOc1cc(/C=C2\SC(=O)N(CC(=O)Nc3c(C)cccc3C)C2=O)cc(Br)c1OCC(=O)OC. The highest BCUT2D eigenvalue weighted by Crippen LogP contribution is 2.39. The van der Waals surface area contributed by atoms with Crippen molar-refractivity contribution in [3.05, 3.63) is 56.4 Å². The standard InChI is InChI=1S/C25H25BrN2O7S/c1-5-34-18-10-16(9-17(26)23(18)35-13-21(30)33-4)11-19-24(31)28(25(32)36-19)12-20(29)27-22-14(2)7-6-8-15(22)3/h6-11H,5,12-13H2,1-4H3,(H,27,29)/b19-11-. The van der Waals surface area contributed by atoms with E-state index in [0.717, 1.165) is 27.8 Å². The molecular weight excluding hydrogens is 552 g/mol. The van der Waals surface area contributed by atoms with Gasteiger partial charge in [-0.25, -0.2) is 4.79 Å². The molecule has 190 valence electrons. The Kier molecular flexibility index (Phi) is 9.16. The number of nitrogens with one attached hydrogen (secondary N) is 1. The molecule has 0 saturated carbocycles. The molecule has 0 aromatic heterocycles. The molecule has 3 rings (SSSR count). The second kappa shape index (κ2) is 12.1. The maximum absolute atomic E-state index is 12.9. The number of ether oxygens (including phenoxy) is 3. The highest BCUT2D eigenvalue weighted by molar-refractivity contribution is 9.10. The number of imide groups is 1. The zero-order chi connectivity index (χ0) is 26.4. The van der Waals surface area contributed by atoms with E-state index in [0.29, 0.717) is 33.8 Å². The van der Waals surface area contributed by atoms with Crippen molar-refractivity contribution in [2.45, 2.75) is 20.8 Å². The van der Waals surface area contributed by atoms with Gasteiger partial charge in [0, 0.05) is 5.69 Å². The van der Waals surface area contributed by atoms with Crippen LogP contribution < -0.4 is 14.8 Å². The van der Waals surface area contributed by atoms with Crippen molar-refractivity contribution in [3.63, 3.8) is 0 Å². The van der Waals surface area contributed by atoms with Gasteiger partial charge in [0.25, 0.3) is 11.1 Å². The number of anilines is 1. The van der Waals surface area contributed by atoms with Gasteiger partial charge in [-0.05, 0) is 83.4 Å². The van der Waals surface area contributed by atoms with Crippen molar-refractivity contribution >= 4 is 62.5 Å². The summed E-state index contributed by atoms with van der Waals surface area (Å²) >= 11 is 4.14. The first kappa shape index (κ1) is 27.3. The predicted octanol–water partition coefficient (Wildman–Crippen LogP) is 4.69. The number of carbonyl (C=O) groups excluding carboxylic acids is 4. The minimum atomic E-state index is -0.568. The minimum Gasteiger partial charge on any atom is -0.490 e. The van der Waals surface area contributed by atoms with Gasteiger partial charge in [-0.2, -0.15) is 0 Å². The maximum Gasteiger partial charge on any atom is 0.343 e. The van der Waals surface area contributed by atoms with Crippen LogP contribution >= 0.6 is 27.7 Å². The van der Waals surface area contributed by atoms with Crippen LogP contribution in [0.2, 0.25) is 0 Å². The Labute approximate surface area is 221 Å². The zero-order valence-electron chi connectivity index (χ0n) is 20.2. The fourth-order valence-corrected chi connectivity index (χ4v) is 4.80. The Morgan fingerprint density at radius 2 is 1.83 bits per heavy atom. The number of methoxy groups -OCH3 is 1. The number of hydrogen-bond acceptors (Lipinski definition) is 8. The van der Waals surface area contributed by atoms with Gasteiger partial charge in [-0.1, -0.05) is 18.2 Å². The lowest BCUT2D eigenvalue weighted by atomic mass is 10.1. The molecule has 2 aromatic carbocycles. The van der Waals surface area contributed by atoms with E-state index in [-0.39, 0.29) is 11.5 Å². The normalized spacial score (nSPS) is 14.2. The third-order valence-electron chi connectivity index (χ3n) is 5.11. The number of aryl methyl sites for hydroxylation is 2. The lowest BCUT2D eigenvalue weighted by Crippen LogP contribution is -2.36. The summed E-state index contributed by atoms with van der Waals surface area (Å²) in [6, 6.07) is 8.91. The smallest absolute Gasteiger partial charge is 0.343 e. The molecule has 1 saturated heterocycles. The fourth-order valence-electron chi connectivity index (χ4n) is 3.39. The largest absolute Gasteiger partial charge is 0.490 e. The Bertz CT molecular complexity index is 1220. The predicted molar refractivity (Wildman–Crippen MR) is 140 cm³/mol. The first-order chi connectivity index (χ1) is 17.1. The lowest BCUT2D eigenvalue weighted by Gasteiger charge is -2.15. The second-order valence-electron chi connectivity index (χ2n) is 7.71. The second-order valence-corrected chi connectivity index (χ2v) is 9.56. The number of amides is 3. The molecule has 9 nitrogen and oxygen atoms in total. The summed E-state index contributed by atoms with van der Waals surface area (Å²) in [5.41, 5.74) is 2.98. The molecule has 0 atom stereocenters. The molecule has 0 unspecified atom stereocenters. The summed E-state index contributed by atoms with van der Waals surface area (Å²) in [7, 11) is 1.26. The van der Waals surface area contributed by atoms with Gasteiger partial charge in [-0.3, -0.25) is 19.3 Å². The molecule has 0 radical (unpaired) electrons. The van der Waals surface area contributed by atoms with Crippen molar-refractivity contribution in [1.29, 1.82) is 0 Å². The molecule has 0 aliphatic carbocycles. The Hall–Kier alpha value is -3.31. The van der Waals surface area contributed by atoms with Gasteiger partial charge >= 0.3 is 5.97 Å². The van der Waals surface area contributed by atoms with Crippen LogP contribution in [-0.4, -0.2) is 54.8 Å². The minimum absolute atomic E-state index is 0.164. The van der Waals surface area contributed by atoms with Gasteiger partial charge in [0.15, 0.2) is 18.1 Å². The molecule has 3 amide bonds. The van der Waals surface area contributed by atoms with Gasteiger partial charge < -0.3 is 19.5 Å². The molecule has 2 aromatic rings. The van der Waals surface area contributed by atoms with Gasteiger partial charge in [0.1, 0.15) is 6.54 Å². The lowest BCUT2D eigenvalue weighted by molar-refractivity contribution is -0.143. The number of hydrogen-bond donors (Lipinski definition) is 1. The van der Waals surface area contributed by atoms with E-state index in [4.69, 9.17) is 9.47 Å². The molecule has 0 spiro atoms. The summed E-state index contributed by atoms with van der Waals surface area (Å²) in [6.07, 6.45) is 1.53. The third kappa shape index (κ3) is 6.46. The number of thioether (sulfide) groups is 1. The topological polar surface area (TPSA) is 111 Å². The van der Waals surface area contributed by atoms with Gasteiger partial charge in [0.2, 0.25) is 5.91 Å². The van der Waals surface area contributed by atoms with Crippen molar-refractivity contribution in [2.75, 3.05) is 32.2 Å². The Morgan fingerprint density at radius 3 is 2.47 bits per heavy atom. The van der Waals surface area contributed by atoms with E-state index >= 15 is 0 Å². The molecule has 1 aliphatic heterocycles. The van der Waals surface area contributed by atoms with Crippen LogP contribution in [0.1, 0.15) is 23.6 Å². The molecule has 1 heterocycles. The van der Waals surface area contributed by atoms with E-state index in [1.165, 1.54) is 13.2 Å². The fraction of sp³-hybridized carbons (Fsp3) is 0.280. The van der Waals surface area contributed by atoms with Crippen LogP contribution in [0.4, 0.5) is 10.5 Å². The molecular formula is C25H25BrN2O7S. The van der Waals surface area contributed by atoms with E-state index in [1.807, 2.05) is 32.0 Å². The highest BCUT2D eigenvalue weighted by Gasteiger charge is 2.36. The Morgan fingerprint density at radius 1 is 1.14 bits per heavy atom. The molecule has 1 N–H and O–H groups in total. The maximum atomic E-state index is 12.9. The molecule has 36 heavy (non-hydrogen) atoms. The van der Waals surface area contributed by atoms with Crippen LogP contribution in [0.25, 0.3) is 6.08 Å². The van der Waals surface area contributed by atoms with Crippen LogP contribution in [0.3, 0.4) is 0 Å². The highest BCUT2D eigenvalue weighted by atomic mass is 79.9. The number of nitrogens with zero attached hydrogens (tertiary/aromatic N) is 1. The third-order valence-corrected chi connectivity index (χ3v) is 6.61. The van der Waals surface area contributed by atoms with Gasteiger partial charge in [0.05, 0.1) is 23.1 Å². The van der Waals surface area contributed by atoms with E-state index < -0.39 is 29.6 Å². The number of rotatable bonds is 9. The van der Waals surface area contributed by atoms with Crippen molar-refractivity contribution in [3.8, 4) is 11.5 Å². The Balaban J connectivity index is 1.78. The van der Waals surface area contributed by atoms with Crippen molar-refractivity contribution < 1.29 is 33.4 Å². The summed E-state index contributed by atoms with van der Waals surface area (Å²) in [5, 5.41) is 2.25. The van der Waals surface area contributed by atoms with E-state index in [1.54, 1.807) is 19.1 Å².